The minimum Gasteiger partial charge on any atom is -0.506 e. The van der Waals surface area contributed by atoms with Crippen molar-refractivity contribution in [3.63, 3.8) is 0 Å². The van der Waals surface area contributed by atoms with E-state index in [0.717, 1.165) is 11.8 Å². The van der Waals surface area contributed by atoms with Crippen LogP contribution in [0.2, 0.25) is 0 Å². The van der Waals surface area contributed by atoms with Gasteiger partial charge in [-0.15, -0.1) is 0 Å². The standard InChI is InChI=1S/C18H21NO4/c1-2-23-18(22)11-5-6-12(13(20)8-11)19-17(21)16-14-9-3-4-10(7-9)15(14)16/h5-6,8-10,14-16,20H,2-4,7H2,1H3,(H,19,21). The molecule has 5 nitrogen and oxygen atoms in total. The van der Waals surface area contributed by atoms with Gasteiger partial charge in [0.05, 0.1) is 17.9 Å². The molecule has 3 aliphatic rings. The molecule has 0 aromatic heterocycles. The maximum atomic E-state index is 12.5. The Balaban J connectivity index is 1.43. The lowest BCUT2D eigenvalue weighted by atomic mass is 10.0. The third-order valence-electron chi connectivity index (χ3n) is 5.80. The number of esters is 1. The van der Waals surface area contributed by atoms with Crippen molar-refractivity contribution in [3.8, 4) is 5.75 Å². The van der Waals surface area contributed by atoms with Crippen LogP contribution in [0.1, 0.15) is 36.5 Å². The number of benzene rings is 1. The van der Waals surface area contributed by atoms with Gasteiger partial charge in [0, 0.05) is 5.92 Å². The number of phenolic OH excluding ortho intramolecular Hbond substituents is 1. The Kier molecular flexibility index (Phi) is 3.32. The van der Waals surface area contributed by atoms with Crippen molar-refractivity contribution in [2.75, 3.05) is 11.9 Å². The molecule has 1 aromatic carbocycles. The molecule has 23 heavy (non-hydrogen) atoms. The van der Waals surface area contributed by atoms with Crippen molar-refractivity contribution in [1.82, 2.24) is 0 Å². The number of rotatable bonds is 4. The summed E-state index contributed by atoms with van der Waals surface area (Å²) in [6, 6.07) is 4.46. The quantitative estimate of drug-likeness (QED) is 0.662. The predicted molar refractivity (Wildman–Crippen MR) is 84.0 cm³/mol. The highest BCUT2D eigenvalue weighted by molar-refractivity contribution is 5.97. The Bertz CT molecular complexity index is 655. The molecule has 4 unspecified atom stereocenters. The van der Waals surface area contributed by atoms with Gasteiger partial charge in [0.25, 0.3) is 0 Å². The van der Waals surface area contributed by atoms with Gasteiger partial charge in [0.15, 0.2) is 0 Å². The van der Waals surface area contributed by atoms with E-state index < -0.39 is 5.97 Å². The Morgan fingerprint density at radius 3 is 2.57 bits per heavy atom. The normalized spacial score (nSPS) is 33.2. The molecule has 5 heteroatoms. The average Bonchev–Trinajstić information content (AvgIpc) is 2.98. The van der Waals surface area contributed by atoms with Crippen LogP contribution in [-0.4, -0.2) is 23.6 Å². The van der Waals surface area contributed by atoms with Gasteiger partial charge in [-0.3, -0.25) is 4.79 Å². The first-order valence-electron chi connectivity index (χ1n) is 8.41. The number of hydrogen-bond acceptors (Lipinski definition) is 4. The van der Waals surface area contributed by atoms with Gasteiger partial charge in [0.2, 0.25) is 5.91 Å². The molecule has 3 saturated carbocycles. The van der Waals surface area contributed by atoms with Gasteiger partial charge in [-0.1, -0.05) is 0 Å². The summed E-state index contributed by atoms with van der Waals surface area (Å²) in [6.07, 6.45) is 3.85. The summed E-state index contributed by atoms with van der Waals surface area (Å²) in [5, 5.41) is 12.9. The van der Waals surface area contributed by atoms with Crippen molar-refractivity contribution in [2.45, 2.75) is 26.2 Å². The van der Waals surface area contributed by atoms with E-state index in [1.807, 2.05) is 0 Å². The summed E-state index contributed by atoms with van der Waals surface area (Å²) in [4.78, 5) is 24.1. The fourth-order valence-corrected chi connectivity index (χ4v) is 4.87. The molecule has 2 N–H and O–H groups in total. The molecule has 122 valence electrons. The zero-order valence-electron chi connectivity index (χ0n) is 13.1. The van der Waals surface area contributed by atoms with Crippen molar-refractivity contribution in [2.24, 2.45) is 29.6 Å². The molecule has 0 radical (unpaired) electrons. The summed E-state index contributed by atoms with van der Waals surface area (Å²) in [5.41, 5.74) is 0.643. The molecule has 0 spiro atoms. The van der Waals surface area contributed by atoms with Crippen LogP contribution in [0.3, 0.4) is 0 Å². The Labute approximate surface area is 135 Å². The van der Waals surface area contributed by atoms with Crippen LogP contribution in [0.4, 0.5) is 5.69 Å². The molecule has 0 heterocycles. The zero-order valence-corrected chi connectivity index (χ0v) is 13.1. The summed E-state index contributed by atoms with van der Waals surface area (Å²) in [6.45, 7) is 2.01. The number of carbonyl (C=O) groups excluding carboxylic acids is 2. The fraction of sp³-hybridized carbons (Fsp3) is 0.556. The minimum atomic E-state index is -0.478. The highest BCUT2D eigenvalue weighted by atomic mass is 16.5. The Hall–Kier alpha value is -2.04. The van der Waals surface area contributed by atoms with E-state index in [-0.39, 0.29) is 29.7 Å². The number of fused-ring (bicyclic) bond motifs is 5. The van der Waals surface area contributed by atoms with Crippen LogP contribution in [0.15, 0.2) is 18.2 Å². The van der Waals surface area contributed by atoms with Crippen LogP contribution in [-0.2, 0) is 9.53 Å². The molecular weight excluding hydrogens is 294 g/mol. The molecule has 4 rings (SSSR count). The van der Waals surface area contributed by atoms with E-state index in [9.17, 15) is 14.7 Å². The predicted octanol–water partition coefficient (Wildman–Crippen LogP) is 2.80. The fourth-order valence-electron chi connectivity index (χ4n) is 4.87. The third-order valence-corrected chi connectivity index (χ3v) is 5.80. The molecule has 1 aromatic rings. The lowest BCUT2D eigenvalue weighted by Gasteiger charge is -2.11. The third kappa shape index (κ3) is 2.30. The van der Waals surface area contributed by atoms with Gasteiger partial charge < -0.3 is 15.2 Å². The molecule has 0 saturated heterocycles. The SMILES string of the molecule is CCOC(=O)c1ccc(NC(=O)C2C3C4CCC(C4)C23)c(O)c1. The molecular formula is C18H21NO4. The first kappa shape index (κ1) is 14.5. The number of hydrogen-bond donors (Lipinski definition) is 2. The van der Waals surface area contributed by atoms with Crippen LogP contribution >= 0.6 is 0 Å². The van der Waals surface area contributed by atoms with Gasteiger partial charge in [-0.2, -0.15) is 0 Å². The number of amides is 1. The smallest absolute Gasteiger partial charge is 0.338 e. The molecule has 3 aliphatic carbocycles. The van der Waals surface area contributed by atoms with E-state index in [1.54, 1.807) is 19.1 Å². The summed E-state index contributed by atoms with van der Waals surface area (Å²) >= 11 is 0. The van der Waals surface area contributed by atoms with Gasteiger partial charge in [0.1, 0.15) is 5.75 Å². The minimum absolute atomic E-state index is 0.00999. The van der Waals surface area contributed by atoms with Crippen LogP contribution in [0, 0.1) is 29.6 Å². The lowest BCUT2D eigenvalue weighted by Crippen LogP contribution is -2.18. The maximum Gasteiger partial charge on any atom is 0.338 e. The van der Waals surface area contributed by atoms with Gasteiger partial charge in [-0.25, -0.2) is 4.79 Å². The van der Waals surface area contributed by atoms with Crippen LogP contribution in [0.5, 0.6) is 5.75 Å². The molecule has 3 fully saturated rings. The van der Waals surface area contributed by atoms with Crippen molar-refractivity contribution in [1.29, 1.82) is 0 Å². The van der Waals surface area contributed by atoms with Crippen LogP contribution < -0.4 is 5.32 Å². The molecule has 0 aliphatic heterocycles. The lowest BCUT2D eigenvalue weighted by molar-refractivity contribution is -0.118. The summed E-state index contributed by atoms with van der Waals surface area (Å²) in [5.74, 6) is 2.15. The number of nitrogens with one attached hydrogen (secondary N) is 1. The molecule has 1 amide bonds. The first-order chi connectivity index (χ1) is 11.1. The highest BCUT2D eigenvalue weighted by Crippen LogP contribution is 2.69. The van der Waals surface area contributed by atoms with Gasteiger partial charge >= 0.3 is 5.97 Å². The number of phenols is 1. The Morgan fingerprint density at radius 2 is 1.96 bits per heavy atom. The van der Waals surface area contributed by atoms with E-state index >= 15 is 0 Å². The first-order valence-corrected chi connectivity index (χ1v) is 8.41. The average molecular weight is 315 g/mol. The van der Waals surface area contributed by atoms with E-state index in [1.165, 1.54) is 25.3 Å². The number of ether oxygens (including phenoxy) is 1. The van der Waals surface area contributed by atoms with E-state index in [4.69, 9.17) is 4.74 Å². The monoisotopic (exact) mass is 315 g/mol. The molecule has 4 atom stereocenters. The van der Waals surface area contributed by atoms with E-state index in [2.05, 4.69) is 5.32 Å². The topological polar surface area (TPSA) is 75.6 Å². The summed E-state index contributed by atoms with van der Waals surface area (Å²) < 4.78 is 4.90. The number of anilines is 1. The maximum absolute atomic E-state index is 12.5. The number of carbonyl (C=O) groups is 2. The second kappa shape index (κ2) is 5.25. The van der Waals surface area contributed by atoms with Crippen molar-refractivity contribution < 1.29 is 19.4 Å². The molecule has 2 bridgehead atoms. The second-order valence-electron chi connectivity index (χ2n) is 6.96. The highest BCUT2D eigenvalue weighted by Gasteiger charge is 2.67. The van der Waals surface area contributed by atoms with E-state index in [0.29, 0.717) is 17.5 Å². The number of aromatic hydroxyl groups is 1. The summed E-state index contributed by atoms with van der Waals surface area (Å²) in [7, 11) is 0. The van der Waals surface area contributed by atoms with Crippen molar-refractivity contribution >= 4 is 17.6 Å². The van der Waals surface area contributed by atoms with Crippen molar-refractivity contribution in [3.05, 3.63) is 23.8 Å². The largest absolute Gasteiger partial charge is 0.506 e. The Morgan fingerprint density at radius 1 is 1.26 bits per heavy atom. The van der Waals surface area contributed by atoms with Crippen LogP contribution in [0.25, 0.3) is 0 Å². The van der Waals surface area contributed by atoms with Gasteiger partial charge in [-0.05, 0) is 68.1 Å². The zero-order chi connectivity index (χ0) is 16.1. The second-order valence-corrected chi connectivity index (χ2v) is 6.96.